The van der Waals surface area contributed by atoms with Gasteiger partial charge in [0.2, 0.25) is 5.88 Å². The van der Waals surface area contributed by atoms with Crippen LogP contribution >= 0.6 is 11.3 Å². The van der Waals surface area contributed by atoms with Crippen LogP contribution in [0.4, 0.5) is 13.2 Å². The van der Waals surface area contributed by atoms with Gasteiger partial charge in [0.25, 0.3) is 0 Å². The fraction of sp³-hybridized carbons (Fsp3) is 0.286. The molecule has 10 heteroatoms. The molecule has 3 aromatic heterocycles. The molecule has 6 nitrogen and oxygen atoms in total. The number of nitrogens with zero attached hydrogens (tertiary/aromatic N) is 5. The van der Waals surface area contributed by atoms with E-state index in [-0.39, 0.29) is 0 Å². The van der Waals surface area contributed by atoms with Crippen molar-refractivity contribution >= 4 is 16.3 Å². The number of benzene rings is 1. The van der Waals surface area contributed by atoms with Crippen LogP contribution in [0.2, 0.25) is 0 Å². The quantitative estimate of drug-likeness (QED) is 0.465. The Kier molecular flexibility index (Phi) is 4.90. The molecule has 1 aliphatic heterocycles. The second-order valence-corrected chi connectivity index (χ2v) is 8.20. The van der Waals surface area contributed by atoms with E-state index in [1.807, 2.05) is 16.0 Å². The number of fused-ring (bicyclic) bond motifs is 2. The first-order valence-electron chi connectivity index (χ1n) is 9.65. The largest absolute Gasteiger partial charge is 0.480 e. The van der Waals surface area contributed by atoms with Gasteiger partial charge in [0, 0.05) is 55.0 Å². The van der Waals surface area contributed by atoms with E-state index >= 15 is 0 Å². The molecular weight excluding hydrogens is 427 g/mol. The second-order valence-electron chi connectivity index (χ2n) is 7.32. The zero-order valence-electron chi connectivity index (χ0n) is 16.6. The topological polar surface area (TPSA) is 55.6 Å². The summed E-state index contributed by atoms with van der Waals surface area (Å²) in [5.74, 6) is 1.07. The molecule has 1 aliphatic rings. The summed E-state index contributed by atoms with van der Waals surface area (Å²) in [6, 6.07) is 4.95. The number of ether oxygens (including phenoxy) is 1. The molecule has 0 radical (unpaired) electrons. The zero-order chi connectivity index (χ0) is 21.6. The Balaban J connectivity index is 1.35. The van der Waals surface area contributed by atoms with E-state index in [1.54, 1.807) is 24.6 Å². The number of halogens is 3. The minimum Gasteiger partial charge on any atom is -0.480 e. The first kappa shape index (κ1) is 20.0. The summed E-state index contributed by atoms with van der Waals surface area (Å²) in [5, 5.41) is 1.99. The maximum atomic E-state index is 12.8. The minimum absolute atomic E-state index is 0.443. The predicted molar refractivity (Wildman–Crippen MR) is 110 cm³/mol. The Morgan fingerprint density at radius 2 is 1.97 bits per heavy atom. The molecule has 0 atom stereocenters. The lowest BCUT2D eigenvalue weighted by Crippen LogP contribution is -2.31. The van der Waals surface area contributed by atoms with Crippen LogP contribution in [0.3, 0.4) is 0 Å². The summed E-state index contributed by atoms with van der Waals surface area (Å²) in [7, 11) is 1.62. The minimum atomic E-state index is -4.36. The highest BCUT2D eigenvalue weighted by Gasteiger charge is 2.30. The fourth-order valence-electron chi connectivity index (χ4n) is 3.79. The summed E-state index contributed by atoms with van der Waals surface area (Å²) in [6.07, 6.45) is 0.141. The fourth-order valence-corrected chi connectivity index (χ4v) is 4.51. The van der Waals surface area contributed by atoms with Crippen molar-refractivity contribution in [1.29, 1.82) is 0 Å². The summed E-state index contributed by atoms with van der Waals surface area (Å²) >= 11 is 1.56. The number of hydrogen-bond acceptors (Lipinski definition) is 6. The molecule has 0 fully saturated rings. The maximum Gasteiger partial charge on any atom is 0.416 e. The summed E-state index contributed by atoms with van der Waals surface area (Å²) in [5.41, 5.74) is 2.85. The van der Waals surface area contributed by atoms with Crippen molar-refractivity contribution in [2.45, 2.75) is 25.7 Å². The Hall–Kier alpha value is -2.98. The van der Waals surface area contributed by atoms with Crippen molar-refractivity contribution in [2.24, 2.45) is 0 Å². The lowest BCUT2D eigenvalue weighted by molar-refractivity contribution is -0.137. The zero-order valence-corrected chi connectivity index (χ0v) is 17.4. The van der Waals surface area contributed by atoms with Gasteiger partial charge in [-0.2, -0.15) is 18.2 Å². The number of alkyl halides is 3. The van der Waals surface area contributed by atoms with E-state index in [4.69, 9.17) is 4.74 Å². The molecule has 0 aliphatic carbocycles. The van der Waals surface area contributed by atoms with Crippen molar-refractivity contribution < 1.29 is 17.9 Å². The third kappa shape index (κ3) is 3.77. The van der Waals surface area contributed by atoms with E-state index in [2.05, 4.69) is 19.9 Å². The summed E-state index contributed by atoms with van der Waals surface area (Å²) < 4.78 is 45.8. The molecule has 31 heavy (non-hydrogen) atoms. The third-order valence-electron chi connectivity index (χ3n) is 5.37. The summed E-state index contributed by atoms with van der Waals surface area (Å²) in [6.45, 7) is 2.17. The molecule has 0 saturated heterocycles. The number of hydrogen-bond donors (Lipinski definition) is 0. The highest BCUT2D eigenvalue weighted by Crippen LogP contribution is 2.31. The number of methoxy groups -OCH3 is 1. The van der Waals surface area contributed by atoms with Crippen LogP contribution in [0, 0.1) is 0 Å². The van der Waals surface area contributed by atoms with Gasteiger partial charge in [0.15, 0.2) is 10.8 Å². The number of aromatic nitrogens is 4. The van der Waals surface area contributed by atoms with Gasteiger partial charge in [-0.3, -0.25) is 9.30 Å². The molecule has 0 N–H and O–H groups in total. The maximum absolute atomic E-state index is 12.8. The van der Waals surface area contributed by atoms with Gasteiger partial charge in [0.1, 0.15) is 5.69 Å². The van der Waals surface area contributed by atoms with Crippen LogP contribution in [0.15, 0.2) is 42.0 Å². The molecule has 160 valence electrons. The van der Waals surface area contributed by atoms with Crippen molar-refractivity contribution in [3.8, 4) is 17.3 Å². The van der Waals surface area contributed by atoms with Gasteiger partial charge in [-0.05, 0) is 12.1 Å². The van der Waals surface area contributed by atoms with Crippen LogP contribution in [0.1, 0.15) is 22.5 Å². The molecule has 0 bridgehead atoms. The van der Waals surface area contributed by atoms with Crippen molar-refractivity contribution in [3.05, 3.63) is 64.6 Å². The molecule has 0 spiro atoms. The smallest absolute Gasteiger partial charge is 0.416 e. The van der Waals surface area contributed by atoms with E-state index in [1.165, 1.54) is 12.1 Å². The first-order valence-corrected chi connectivity index (χ1v) is 10.5. The number of thiazole rings is 1. The van der Waals surface area contributed by atoms with Gasteiger partial charge in [-0.25, -0.2) is 9.97 Å². The highest BCUT2D eigenvalue weighted by atomic mass is 32.1. The SMILES string of the molecule is COc1nc2sccn2c1CN1CCc2nc(-c3ccc(C(F)(F)F)cc3)ncc2C1. The van der Waals surface area contributed by atoms with Gasteiger partial charge >= 0.3 is 6.18 Å². The number of rotatable bonds is 4. The van der Waals surface area contributed by atoms with Crippen LogP contribution in [0.25, 0.3) is 16.3 Å². The lowest BCUT2D eigenvalue weighted by Gasteiger charge is -2.27. The van der Waals surface area contributed by atoms with Crippen molar-refractivity contribution in [1.82, 2.24) is 24.3 Å². The Morgan fingerprint density at radius 3 is 2.71 bits per heavy atom. The molecule has 1 aromatic carbocycles. The molecular formula is C21H18F3N5OS. The first-order chi connectivity index (χ1) is 14.9. The van der Waals surface area contributed by atoms with E-state index in [0.717, 1.165) is 47.0 Å². The van der Waals surface area contributed by atoms with E-state index in [9.17, 15) is 13.2 Å². The molecule has 0 saturated carbocycles. The highest BCUT2D eigenvalue weighted by molar-refractivity contribution is 7.15. The van der Waals surface area contributed by atoms with Gasteiger partial charge in [-0.15, -0.1) is 11.3 Å². The molecule has 4 aromatic rings. The normalized spacial score (nSPS) is 14.7. The standard InChI is InChI=1S/C21H18F3N5OS/c1-30-19-17(29-8-9-31-20(29)27-19)12-28-7-6-16-14(11-28)10-25-18(26-16)13-2-4-15(5-3-13)21(22,23)24/h2-5,8-10H,6-7,11-12H2,1H3. The van der Waals surface area contributed by atoms with Crippen LogP contribution < -0.4 is 4.74 Å². The van der Waals surface area contributed by atoms with E-state index in [0.29, 0.717) is 30.4 Å². The van der Waals surface area contributed by atoms with Crippen molar-refractivity contribution in [3.63, 3.8) is 0 Å². The third-order valence-corrected chi connectivity index (χ3v) is 6.13. The average Bonchev–Trinajstić information content (AvgIpc) is 3.35. The monoisotopic (exact) mass is 445 g/mol. The Bertz CT molecular complexity index is 1230. The van der Waals surface area contributed by atoms with Crippen LogP contribution in [-0.4, -0.2) is 37.9 Å². The van der Waals surface area contributed by atoms with Crippen LogP contribution in [-0.2, 0) is 25.7 Å². The Labute approximate surface area is 180 Å². The molecule has 0 amide bonds. The summed E-state index contributed by atoms with van der Waals surface area (Å²) in [4.78, 5) is 16.7. The molecule has 0 unspecified atom stereocenters. The lowest BCUT2D eigenvalue weighted by atomic mass is 10.1. The van der Waals surface area contributed by atoms with Gasteiger partial charge in [-0.1, -0.05) is 12.1 Å². The predicted octanol–water partition coefficient (Wildman–Crippen LogP) is 4.44. The number of imidazole rings is 1. The Morgan fingerprint density at radius 1 is 1.16 bits per heavy atom. The second kappa shape index (κ2) is 7.61. The molecule has 4 heterocycles. The van der Waals surface area contributed by atoms with Gasteiger partial charge in [0.05, 0.1) is 18.4 Å². The van der Waals surface area contributed by atoms with Crippen LogP contribution in [0.5, 0.6) is 5.88 Å². The van der Waals surface area contributed by atoms with Gasteiger partial charge < -0.3 is 4.74 Å². The van der Waals surface area contributed by atoms with E-state index < -0.39 is 11.7 Å². The average molecular weight is 445 g/mol. The molecule has 5 rings (SSSR count). The van der Waals surface area contributed by atoms with Crippen molar-refractivity contribution in [2.75, 3.05) is 13.7 Å².